The van der Waals surface area contributed by atoms with Crippen molar-refractivity contribution >= 4 is 17.4 Å². The molecule has 4 rings (SSSR count). The number of oxime groups is 1. The number of anilines is 1. The number of urea groups is 1. The highest BCUT2D eigenvalue weighted by molar-refractivity contribution is 6.02. The van der Waals surface area contributed by atoms with E-state index in [0.29, 0.717) is 13.1 Å². The number of nitrogens with zero attached hydrogens (tertiary/aromatic N) is 2. The lowest BCUT2D eigenvalue weighted by molar-refractivity contribution is -0.0544. The lowest BCUT2D eigenvalue weighted by atomic mass is 9.85. The Labute approximate surface area is 177 Å². The normalized spacial score (nSPS) is 17.4. The number of carbonyl (C=O) groups excluding carboxylic acids is 1. The lowest BCUT2D eigenvalue weighted by Gasteiger charge is -2.37. The molecule has 1 saturated heterocycles. The highest BCUT2D eigenvalue weighted by atomic mass is 16.7. The van der Waals surface area contributed by atoms with Crippen molar-refractivity contribution in [3.05, 3.63) is 59.7 Å². The Morgan fingerprint density at radius 3 is 2.77 bits per heavy atom. The number of carbonyl (C=O) groups is 1. The van der Waals surface area contributed by atoms with E-state index in [9.17, 15) is 4.79 Å². The second-order valence-corrected chi connectivity index (χ2v) is 8.05. The Bertz CT molecular complexity index is 933. The third-order valence-electron chi connectivity index (χ3n) is 5.98. The molecule has 0 aromatic heterocycles. The maximum atomic E-state index is 12.8. The molecule has 0 saturated carbocycles. The molecular weight excluding hydrogens is 378 g/mol. The van der Waals surface area contributed by atoms with Gasteiger partial charge in [0.2, 0.25) is 0 Å². The van der Waals surface area contributed by atoms with Gasteiger partial charge >= 0.3 is 6.03 Å². The number of aryl methyl sites for hydroxylation is 1. The van der Waals surface area contributed by atoms with Crippen LogP contribution in [0.4, 0.5) is 10.5 Å². The summed E-state index contributed by atoms with van der Waals surface area (Å²) in [4.78, 5) is 20.6. The number of benzene rings is 2. The first-order valence-electron chi connectivity index (χ1n) is 10.7. The molecule has 0 bridgehead atoms. The first-order valence-corrected chi connectivity index (χ1v) is 10.7. The van der Waals surface area contributed by atoms with E-state index in [1.165, 1.54) is 5.56 Å². The van der Waals surface area contributed by atoms with Crippen LogP contribution in [-0.4, -0.2) is 42.4 Å². The van der Waals surface area contributed by atoms with Crippen molar-refractivity contribution in [3.63, 3.8) is 0 Å². The Morgan fingerprint density at radius 2 is 2.00 bits per heavy atom. The molecule has 2 heterocycles. The van der Waals surface area contributed by atoms with Crippen LogP contribution in [-0.2, 0) is 11.3 Å². The van der Waals surface area contributed by atoms with Gasteiger partial charge in [-0.15, -0.1) is 0 Å². The summed E-state index contributed by atoms with van der Waals surface area (Å²) in [6.45, 7) is 3.46. The minimum atomic E-state index is -0.310. The molecule has 6 heteroatoms. The summed E-state index contributed by atoms with van der Waals surface area (Å²) in [7, 11) is 1.66. The summed E-state index contributed by atoms with van der Waals surface area (Å²) in [5.74, 6) is 0.811. The number of rotatable bonds is 5. The van der Waals surface area contributed by atoms with Crippen LogP contribution < -0.4 is 10.1 Å². The van der Waals surface area contributed by atoms with Crippen molar-refractivity contribution in [2.45, 2.75) is 44.6 Å². The maximum Gasteiger partial charge on any atom is 0.321 e. The molecule has 0 aliphatic carbocycles. The van der Waals surface area contributed by atoms with Crippen molar-refractivity contribution in [1.82, 2.24) is 4.90 Å². The smallest absolute Gasteiger partial charge is 0.321 e. The molecular formula is C24H29N3O3. The number of para-hydroxylation sites is 1. The number of amides is 2. The summed E-state index contributed by atoms with van der Waals surface area (Å²) in [6.07, 6.45) is 4.31. The van der Waals surface area contributed by atoms with Gasteiger partial charge < -0.3 is 19.8 Å². The largest absolute Gasteiger partial charge is 0.497 e. The second kappa shape index (κ2) is 8.78. The van der Waals surface area contributed by atoms with E-state index < -0.39 is 0 Å². The van der Waals surface area contributed by atoms with Crippen LogP contribution in [0.3, 0.4) is 0 Å². The minimum Gasteiger partial charge on any atom is -0.497 e. The number of piperidine rings is 1. The summed E-state index contributed by atoms with van der Waals surface area (Å²) >= 11 is 0. The number of methoxy groups -OCH3 is 1. The van der Waals surface area contributed by atoms with Crippen LogP contribution in [0.15, 0.2) is 53.7 Å². The maximum absolute atomic E-state index is 12.8. The zero-order valence-corrected chi connectivity index (χ0v) is 17.7. The molecule has 0 atom stereocenters. The summed E-state index contributed by atoms with van der Waals surface area (Å²) in [5.41, 5.74) is 3.75. The van der Waals surface area contributed by atoms with Crippen LogP contribution in [0.5, 0.6) is 5.75 Å². The highest BCUT2D eigenvalue weighted by Gasteiger charge is 2.43. The molecule has 1 fully saturated rings. The van der Waals surface area contributed by atoms with E-state index in [1.54, 1.807) is 7.11 Å². The van der Waals surface area contributed by atoms with Crippen molar-refractivity contribution in [2.75, 3.05) is 25.5 Å². The van der Waals surface area contributed by atoms with Gasteiger partial charge in [-0.05, 0) is 30.2 Å². The Morgan fingerprint density at radius 1 is 1.20 bits per heavy atom. The van der Waals surface area contributed by atoms with Crippen LogP contribution in [0, 0.1) is 0 Å². The van der Waals surface area contributed by atoms with Crippen LogP contribution in [0.25, 0.3) is 0 Å². The molecule has 1 N–H and O–H groups in total. The van der Waals surface area contributed by atoms with Gasteiger partial charge in [-0.25, -0.2) is 4.79 Å². The molecule has 0 radical (unpaired) electrons. The van der Waals surface area contributed by atoms with Gasteiger partial charge in [0.05, 0.1) is 12.8 Å². The third kappa shape index (κ3) is 4.27. The molecule has 2 aliphatic rings. The van der Waals surface area contributed by atoms with Gasteiger partial charge in [-0.1, -0.05) is 48.8 Å². The standard InChI is InChI=1S/C24H29N3O3/c1-3-7-18-8-4-5-11-21(18)25-23(28)27-14-12-24(13-15-27)17-22(26-30-24)19-9-6-10-20(16-19)29-2/h4-6,8-11,16H,3,7,12-15,17H2,1-2H3,(H,25,28). The van der Waals surface area contributed by atoms with E-state index in [1.807, 2.05) is 47.4 Å². The fraction of sp³-hybridized carbons (Fsp3) is 0.417. The van der Waals surface area contributed by atoms with Crippen molar-refractivity contribution < 1.29 is 14.4 Å². The fourth-order valence-corrected chi connectivity index (χ4v) is 4.19. The summed E-state index contributed by atoms with van der Waals surface area (Å²) in [6, 6.07) is 15.9. The average Bonchev–Trinajstić information content (AvgIpc) is 3.19. The van der Waals surface area contributed by atoms with Gasteiger partial charge in [0.15, 0.2) is 0 Å². The van der Waals surface area contributed by atoms with Crippen molar-refractivity contribution in [3.8, 4) is 5.75 Å². The molecule has 6 nitrogen and oxygen atoms in total. The number of nitrogens with one attached hydrogen (secondary N) is 1. The zero-order chi connectivity index (χ0) is 21.0. The number of ether oxygens (including phenoxy) is 1. The van der Waals surface area contributed by atoms with Gasteiger partial charge in [-0.2, -0.15) is 0 Å². The SMILES string of the molecule is CCCc1ccccc1NC(=O)N1CCC2(CC1)CC(c1cccc(OC)c1)=NO2. The number of hydrogen-bond donors (Lipinski definition) is 1. The second-order valence-electron chi connectivity index (χ2n) is 8.05. The highest BCUT2D eigenvalue weighted by Crippen LogP contribution is 2.36. The molecule has 2 aromatic carbocycles. The fourth-order valence-electron chi connectivity index (χ4n) is 4.19. The molecule has 30 heavy (non-hydrogen) atoms. The first-order chi connectivity index (χ1) is 14.6. The molecule has 0 unspecified atom stereocenters. The molecule has 2 aliphatic heterocycles. The van der Waals surface area contributed by atoms with Crippen LogP contribution in [0.1, 0.15) is 43.7 Å². The lowest BCUT2D eigenvalue weighted by Crippen LogP contribution is -2.48. The number of hydrogen-bond acceptors (Lipinski definition) is 4. The van der Waals surface area contributed by atoms with Crippen molar-refractivity contribution in [2.24, 2.45) is 5.16 Å². The predicted octanol–water partition coefficient (Wildman–Crippen LogP) is 4.84. The van der Waals surface area contributed by atoms with Gasteiger partial charge in [0.1, 0.15) is 11.4 Å². The number of likely N-dealkylation sites (tertiary alicyclic amines) is 1. The molecule has 2 aromatic rings. The Kier molecular flexibility index (Phi) is 5.93. The van der Waals surface area contributed by atoms with Crippen LogP contribution >= 0.6 is 0 Å². The Balaban J connectivity index is 1.35. The van der Waals surface area contributed by atoms with Gasteiger partial charge in [0, 0.05) is 43.6 Å². The monoisotopic (exact) mass is 407 g/mol. The van der Waals surface area contributed by atoms with E-state index in [0.717, 1.165) is 54.8 Å². The van der Waals surface area contributed by atoms with Gasteiger partial charge in [0.25, 0.3) is 0 Å². The Hall–Kier alpha value is -3.02. The zero-order valence-electron chi connectivity index (χ0n) is 17.7. The van der Waals surface area contributed by atoms with E-state index in [4.69, 9.17) is 9.57 Å². The molecule has 158 valence electrons. The molecule has 2 amide bonds. The van der Waals surface area contributed by atoms with Gasteiger partial charge in [-0.3, -0.25) is 0 Å². The minimum absolute atomic E-state index is 0.0414. The average molecular weight is 408 g/mol. The summed E-state index contributed by atoms with van der Waals surface area (Å²) in [5, 5.41) is 7.47. The van der Waals surface area contributed by atoms with Crippen LogP contribution in [0.2, 0.25) is 0 Å². The van der Waals surface area contributed by atoms with E-state index >= 15 is 0 Å². The third-order valence-corrected chi connectivity index (χ3v) is 5.98. The topological polar surface area (TPSA) is 63.2 Å². The van der Waals surface area contributed by atoms with Crippen molar-refractivity contribution in [1.29, 1.82) is 0 Å². The van der Waals surface area contributed by atoms with E-state index in [2.05, 4.69) is 23.5 Å². The van der Waals surface area contributed by atoms with E-state index in [-0.39, 0.29) is 11.6 Å². The summed E-state index contributed by atoms with van der Waals surface area (Å²) < 4.78 is 5.32. The predicted molar refractivity (Wildman–Crippen MR) is 118 cm³/mol. The quantitative estimate of drug-likeness (QED) is 0.771. The molecule has 1 spiro atoms. The first kappa shape index (κ1) is 20.3.